The van der Waals surface area contributed by atoms with Crippen molar-refractivity contribution in [1.82, 2.24) is 4.57 Å². The monoisotopic (exact) mass is 317 g/mol. The van der Waals surface area contributed by atoms with Crippen LogP contribution in [0.2, 0.25) is 0 Å². The molecule has 2 aromatic carbocycles. The van der Waals surface area contributed by atoms with E-state index in [4.69, 9.17) is 4.42 Å². The zero-order valence-corrected chi connectivity index (χ0v) is 13.4. The quantitative estimate of drug-likeness (QED) is 0.519. The Bertz CT molecular complexity index is 1150. The van der Waals surface area contributed by atoms with Gasteiger partial charge in [0.1, 0.15) is 0 Å². The largest absolute Gasteiger partial charge is 0.420 e. The summed E-state index contributed by atoms with van der Waals surface area (Å²) in [6.07, 6.45) is 0. The lowest BCUT2D eigenvalue weighted by molar-refractivity contribution is 0.101. The van der Waals surface area contributed by atoms with Gasteiger partial charge in [-0.1, -0.05) is 36.4 Å². The van der Waals surface area contributed by atoms with E-state index in [1.807, 2.05) is 54.0 Å². The van der Waals surface area contributed by atoms with Crippen LogP contribution in [0.15, 0.2) is 63.8 Å². The van der Waals surface area contributed by atoms with E-state index in [1.165, 1.54) is 6.92 Å². The topological polar surface area (TPSA) is 52.2 Å². The second-order valence-electron chi connectivity index (χ2n) is 5.80. The molecule has 4 nitrogen and oxygen atoms in total. The number of hydrogen-bond acceptors (Lipinski definition) is 3. The maximum atomic E-state index is 12.3. The van der Waals surface area contributed by atoms with Gasteiger partial charge in [0.2, 0.25) is 0 Å². The van der Waals surface area contributed by atoms with Crippen molar-refractivity contribution in [3.63, 3.8) is 0 Å². The van der Waals surface area contributed by atoms with Gasteiger partial charge in [-0.15, -0.1) is 0 Å². The summed E-state index contributed by atoms with van der Waals surface area (Å²) in [4.78, 5) is 24.5. The molecule has 0 aliphatic carbocycles. The first-order valence-corrected chi connectivity index (χ1v) is 7.73. The van der Waals surface area contributed by atoms with Crippen molar-refractivity contribution in [3.8, 4) is 5.69 Å². The zero-order valence-electron chi connectivity index (χ0n) is 13.4. The van der Waals surface area contributed by atoms with Gasteiger partial charge in [0.25, 0.3) is 0 Å². The fourth-order valence-corrected chi connectivity index (χ4v) is 3.34. The third-order valence-electron chi connectivity index (χ3n) is 4.33. The molecule has 4 rings (SSSR count). The van der Waals surface area contributed by atoms with Crippen LogP contribution < -0.4 is 5.63 Å². The van der Waals surface area contributed by atoms with Gasteiger partial charge in [0.15, 0.2) is 11.4 Å². The molecular weight excluding hydrogens is 302 g/mol. The second kappa shape index (κ2) is 5.20. The summed E-state index contributed by atoms with van der Waals surface area (Å²) in [6, 6.07) is 17.1. The first-order valence-electron chi connectivity index (χ1n) is 7.73. The Morgan fingerprint density at radius 2 is 1.58 bits per heavy atom. The van der Waals surface area contributed by atoms with Crippen molar-refractivity contribution in [2.75, 3.05) is 0 Å². The van der Waals surface area contributed by atoms with Crippen LogP contribution in [-0.4, -0.2) is 10.4 Å². The number of fused-ring (bicyclic) bond motifs is 3. The number of carbonyl (C=O) groups excluding carboxylic acids is 1. The second-order valence-corrected chi connectivity index (χ2v) is 5.80. The number of aromatic nitrogens is 1. The predicted octanol–water partition coefficient (Wildman–Crippen LogP) is 4.25. The molecule has 4 aromatic rings. The normalized spacial score (nSPS) is 11.2. The highest BCUT2D eigenvalue weighted by molar-refractivity contribution is 6.13. The highest BCUT2D eigenvalue weighted by Gasteiger charge is 2.23. The third kappa shape index (κ3) is 1.93. The number of ketones is 1. The number of Topliss-reactive ketones (excluding diaryl/α,β-unsaturated/α-hetero) is 1. The summed E-state index contributed by atoms with van der Waals surface area (Å²) < 4.78 is 7.54. The molecular formula is C20H15NO3. The van der Waals surface area contributed by atoms with Gasteiger partial charge in [-0.3, -0.25) is 4.79 Å². The van der Waals surface area contributed by atoms with Crippen LogP contribution in [0.25, 0.3) is 27.6 Å². The minimum Gasteiger partial charge on any atom is -0.420 e. The molecule has 0 radical (unpaired) electrons. The minimum atomic E-state index is -0.425. The van der Waals surface area contributed by atoms with Crippen molar-refractivity contribution in [2.45, 2.75) is 13.8 Å². The van der Waals surface area contributed by atoms with Gasteiger partial charge in [0.05, 0.1) is 16.5 Å². The average Bonchev–Trinajstić information content (AvgIpc) is 2.88. The Morgan fingerprint density at radius 3 is 2.25 bits per heavy atom. The van der Waals surface area contributed by atoms with Crippen LogP contribution in [0.3, 0.4) is 0 Å². The molecule has 0 amide bonds. The van der Waals surface area contributed by atoms with Gasteiger partial charge >= 0.3 is 5.63 Å². The van der Waals surface area contributed by atoms with Gasteiger partial charge in [-0.25, -0.2) is 4.79 Å². The number of para-hydroxylation sites is 1. The fraction of sp³-hybridized carbons (Fsp3) is 0.100. The van der Waals surface area contributed by atoms with Crippen LogP contribution in [0, 0.1) is 6.92 Å². The third-order valence-corrected chi connectivity index (χ3v) is 4.33. The number of benzene rings is 2. The van der Waals surface area contributed by atoms with Crippen LogP contribution in [-0.2, 0) is 0 Å². The first kappa shape index (κ1) is 14.5. The lowest BCUT2D eigenvalue weighted by Crippen LogP contribution is -2.01. The minimum absolute atomic E-state index is 0.120. The summed E-state index contributed by atoms with van der Waals surface area (Å²) >= 11 is 0. The molecule has 0 aliphatic heterocycles. The van der Waals surface area contributed by atoms with Crippen LogP contribution in [0.1, 0.15) is 23.0 Å². The molecule has 0 bridgehead atoms. The fourth-order valence-electron chi connectivity index (χ4n) is 3.34. The molecule has 118 valence electrons. The van der Waals surface area contributed by atoms with E-state index >= 15 is 0 Å². The molecule has 0 fully saturated rings. The molecule has 0 saturated carbocycles. The molecule has 0 aliphatic rings. The molecule has 0 spiro atoms. The summed E-state index contributed by atoms with van der Waals surface area (Å²) in [5.74, 6) is -0.120. The summed E-state index contributed by atoms with van der Waals surface area (Å²) in [5.41, 5.74) is 2.82. The highest BCUT2D eigenvalue weighted by atomic mass is 16.4. The number of carbonyl (C=O) groups is 1. The Kier molecular flexibility index (Phi) is 3.13. The molecule has 24 heavy (non-hydrogen) atoms. The summed E-state index contributed by atoms with van der Waals surface area (Å²) in [7, 11) is 0. The van der Waals surface area contributed by atoms with Gasteiger partial charge < -0.3 is 8.98 Å². The predicted molar refractivity (Wildman–Crippen MR) is 94.1 cm³/mol. The number of rotatable bonds is 2. The lowest BCUT2D eigenvalue weighted by Gasteiger charge is -2.09. The number of nitrogens with zero attached hydrogens (tertiary/aromatic N) is 1. The Hall–Kier alpha value is -3.14. The van der Waals surface area contributed by atoms with Gasteiger partial charge in [-0.2, -0.15) is 0 Å². The zero-order chi connectivity index (χ0) is 16.8. The maximum Gasteiger partial charge on any atom is 0.344 e. The van der Waals surface area contributed by atoms with Crippen LogP contribution in [0.4, 0.5) is 0 Å². The highest BCUT2D eigenvalue weighted by Crippen LogP contribution is 2.33. The molecule has 0 unspecified atom stereocenters. The van der Waals surface area contributed by atoms with Crippen molar-refractivity contribution in [3.05, 3.63) is 76.3 Å². The Morgan fingerprint density at radius 1 is 0.958 bits per heavy atom. The first-order chi connectivity index (χ1) is 11.6. The van der Waals surface area contributed by atoms with Gasteiger partial charge in [0, 0.05) is 16.8 Å². The van der Waals surface area contributed by atoms with E-state index in [0.717, 1.165) is 22.3 Å². The molecule has 0 saturated heterocycles. The van der Waals surface area contributed by atoms with Gasteiger partial charge in [-0.05, 0) is 32.0 Å². The Labute approximate surface area is 137 Å². The molecule has 2 heterocycles. The smallest absolute Gasteiger partial charge is 0.344 e. The van der Waals surface area contributed by atoms with E-state index in [1.54, 1.807) is 12.1 Å². The average molecular weight is 317 g/mol. The van der Waals surface area contributed by atoms with E-state index < -0.39 is 5.63 Å². The molecule has 0 N–H and O–H groups in total. The lowest BCUT2D eigenvalue weighted by atomic mass is 10.1. The van der Waals surface area contributed by atoms with E-state index in [2.05, 4.69) is 0 Å². The van der Waals surface area contributed by atoms with Crippen molar-refractivity contribution >= 4 is 27.7 Å². The summed E-state index contributed by atoms with van der Waals surface area (Å²) in [6.45, 7) is 3.37. The Balaban J connectivity index is 2.32. The number of hydrogen-bond donors (Lipinski definition) is 0. The van der Waals surface area contributed by atoms with Crippen LogP contribution in [0.5, 0.6) is 0 Å². The molecule has 0 atom stereocenters. The SMILES string of the molecule is CC(=O)c1c(C)n(-c2ccccc2)c2c1oc(=O)c1ccccc12. The standard InChI is InChI=1S/C20H15NO3/c1-12-17(13(2)22)19-18(21(12)14-8-4-3-5-9-14)15-10-6-7-11-16(15)20(23)24-19/h3-11H,1-2H3. The van der Waals surface area contributed by atoms with E-state index in [-0.39, 0.29) is 5.78 Å². The van der Waals surface area contributed by atoms with E-state index in [9.17, 15) is 9.59 Å². The summed E-state index contributed by atoms with van der Waals surface area (Å²) in [5, 5.41) is 1.29. The molecule has 4 heteroatoms. The van der Waals surface area contributed by atoms with Crippen molar-refractivity contribution in [1.29, 1.82) is 0 Å². The maximum absolute atomic E-state index is 12.3. The van der Waals surface area contributed by atoms with Crippen molar-refractivity contribution < 1.29 is 9.21 Å². The van der Waals surface area contributed by atoms with Crippen LogP contribution >= 0.6 is 0 Å². The van der Waals surface area contributed by atoms with E-state index in [0.29, 0.717) is 16.5 Å². The molecule has 2 aromatic heterocycles. The van der Waals surface area contributed by atoms with Crippen molar-refractivity contribution in [2.24, 2.45) is 0 Å².